The van der Waals surface area contributed by atoms with Gasteiger partial charge in [-0.25, -0.2) is 14.1 Å². The van der Waals surface area contributed by atoms with E-state index >= 15 is 0 Å². The zero-order valence-electron chi connectivity index (χ0n) is 15.6. The molecule has 1 atom stereocenters. The Kier molecular flexibility index (Phi) is 3.94. The number of pyridine rings is 2. The van der Waals surface area contributed by atoms with Crippen LogP contribution in [0.5, 0.6) is 0 Å². The fourth-order valence-electron chi connectivity index (χ4n) is 3.53. The van der Waals surface area contributed by atoms with Crippen molar-refractivity contribution in [3.05, 3.63) is 78.4 Å². The van der Waals surface area contributed by atoms with E-state index in [9.17, 15) is 4.39 Å². The van der Waals surface area contributed by atoms with Crippen LogP contribution in [0.2, 0.25) is 0 Å². The molecular weight excluding hydrogens is 367 g/mol. The summed E-state index contributed by atoms with van der Waals surface area (Å²) in [7, 11) is 0. The molecule has 0 amide bonds. The predicted octanol–water partition coefficient (Wildman–Crippen LogP) is 4.37. The third kappa shape index (κ3) is 2.97. The molecule has 3 aromatic heterocycles. The molecule has 3 heterocycles. The van der Waals surface area contributed by atoms with E-state index in [1.807, 2.05) is 29.8 Å². The number of benzene rings is 2. The lowest BCUT2D eigenvalue weighted by Gasteiger charge is -2.14. The van der Waals surface area contributed by atoms with Gasteiger partial charge in [0.05, 0.1) is 17.8 Å². The number of anilines is 1. The van der Waals surface area contributed by atoms with Gasteiger partial charge >= 0.3 is 0 Å². The van der Waals surface area contributed by atoms with E-state index in [0.29, 0.717) is 11.3 Å². The van der Waals surface area contributed by atoms with Crippen molar-refractivity contribution in [2.45, 2.75) is 13.0 Å². The number of hydrogen-bond acceptors (Lipinski definition) is 5. The Morgan fingerprint density at radius 3 is 2.45 bits per heavy atom. The second kappa shape index (κ2) is 6.63. The zero-order chi connectivity index (χ0) is 20.0. The molecule has 29 heavy (non-hydrogen) atoms. The fraction of sp³-hybridized carbons (Fsp3) is 0.0909. The van der Waals surface area contributed by atoms with Crippen molar-refractivity contribution in [3.63, 3.8) is 0 Å². The number of halogens is 1. The van der Waals surface area contributed by atoms with Gasteiger partial charge in [0.2, 0.25) is 0 Å². The Morgan fingerprint density at radius 2 is 1.69 bits per heavy atom. The number of rotatable bonds is 3. The molecule has 7 heteroatoms. The normalized spacial score (nSPS) is 12.5. The van der Waals surface area contributed by atoms with Crippen molar-refractivity contribution >= 4 is 27.8 Å². The van der Waals surface area contributed by atoms with E-state index < -0.39 is 0 Å². The number of fused-ring (bicyclic) bond motifs is 3. The standard InChI is InChI=1S/C22H17FN6/c1-13(14-2-6-17(23)7-3-14)29-22-18-10-15(16-5-9-21(24)26-11-16)4-8-19(18)25-12-20(22)27-28-29/h2-13H,1H3,(H2,24,26)/t13-/m1/s1. The lowest BCUT2D eigenvalue weighted by molar-refractivity contribution is 0.558. The number of nitrogens with two attached hydrogens (primary N) is 1. The molecule has 2 aromatic carbocycles. The highest BCUT2D eigenvalue weighted by atomic mass is 19.1. The first-order valence-corrected chi connectivity index (χ1v) is 9.21. The quantitative estimate of drug-likeness (QED) is 0.499. The average molecular weight is 384 g/mol. The molecule has 0 radical (unpaired) electrons. The highest BCUT2D eigenvalue weighted by Crippen LogP contribution is 2.30. The van der Waals surface area contributed by atoms with Gasteiger partial charge in [-0.2, -0.15) is 0 Å². The number of nitrogens with zero attached hydrogens (tertiary/aromatic N) is 5. The first kappa shape index (κ1) is 17.2. The van der Waals surface area contributed by atoms with Crippen LogP contribution in [0.4, 0.5) is 10.2 Å². The van der Waals surface area contributed by atoms with Gasteiger partial charge in [0.1, 0.15) is 22.7 Å². The number of hydrogen-bond donors (Lipinski definition) is 1. The highest BCUT2D eigenvalue weighted by molar-refractivity contribution is 6.03. The van der Waals surface area contributed by atoms with Crippen LogP contribution in [-0.4, -0.2) is 25.0 Å². The monoisotopic (exact) mass is 384 g/mol. The molecule has 0 aliphatic heterocycles. The van der Waals surface area contributed by atoms with Crippen molar-refractivity contribution < 1.29 is 4.39 Å². The van der Waals surface area contributed by atoms with Gasteiger partial charge in [0.25, 0.3) is 0 Å². The summed E-state index contributed by atoms with van der Waals surface area (Å²) in [6, 6.07) is 16.1. The molecule has 142 valence electrons. The van der Waals surface area contributed by atoms with Gasteiger partial charge in [-0.05, 0) is 54.4 Å². The third-order valence-electron chi connectivity index (χ3n) is 5.14. The fourth-order valence-corrected chi connectivity index (χ4v) is 3.53. The molecule has 0 aliphatic rings. The molecule has 0 spiro atoms. The van der Waals surface area contributed by atoms with Crippen LogP contribution in [-0.2, 0) is 0 Å². The number of aromatic nitrogens is 5. The van der Waals surface area contributed by atoms with E-state index in [4.69, 9.17) is 5.73 Å². The summed E-state index contributed by atoms with van der Waals surface area (Å²) in [5.41, 5.74) is 11.1. The van der Waals surface area contributed by atoms with Gasteiger partial charge in [0, 0.05) is 17.1 Å². The largest absolute Gasteiger partial charge is 0.384 e. The van der Waals surface area contributed by atoms with E-state index in [1.165, 1.54) is 12.1 Å². The van der Waals surface area contributed by atoms with Gasteiger partial charge < -0.3 is 5.73 Å². The summed E-state index contributed by atoms with van der Waals surface area (Å²) in [6.45, 7) is 2.02. The molecule has 0 saturated carbocycles. The second-order valence-electron chi connectivity index (χ2n) is 6.96. The van der Waals surface area contributed by atoms with Crippen LogP contribution < -0.4 is 5.73 Å². The molecule has 5 aromatic rings. The van der Waals surface area contributed by atoms with Crippen LogP contribution in [0.15, 0.2) is 67.0 Å². The molecule has 0 bridgehead atoms. The van der Waals surface area contributed by atoms with E-state index in [1.54, 1.807) is 30.6 Å². The second-order valence-corrected chi connectivity index (χ2v) is 6.96. The Labute approximate surface area is 165 Å². The molecule has 2 N–H and O–H groups in total. The average Bonchev–Trinajstić information content (AvgIpc) is 3.19. The summed E-state index contributed by atoms with van der Waals surface area (Å²) in [4.78, 5) is 8.70. The SMILES string of the molecule is C[C@H](c1ccc(F)cc1)n1nnc2cnc3ccc(-c4ccc(N)nc4)cc3c21. The van der Waals surface area contributed by atoms with E-state index in [-0.39, 0.29) is 11.9 Å². The smallest absolute Gasteiger partial charge is 0.132 e. The maximum Gasteiger partial charge on any atom is 0.132 e. The summed E-state index contributed by atoms with van der Waals surface area (Å²) in [5, 5.41) is 9.60. The first-order valence-electron chi connectivity index (χ1n) is 9.21. The highest BCUT2D eigenvalue weighted by Gasteiger charge is 2.17. The zero-order valence-corrected chi connectivity index (χ0v) is 15.6. The Bertz CT molecular complexity index is 1330. The number of nitrogen functional groups attached to an aromatic ring is 1. The van der Waals surface area contributed by atoms with Gasteiger partial charge in [0.15, 0.2) is 0 Å². The molecule has 0 aliphatic carbocycles. The van der Waals surface area contributed by atoms with Crippen LogP contribution in [0, 0.1) is 5.82 Å². The Balaban J connectivity index is 1.70. The van der Waals surface area contributed by atoms with Crippen molar-refractivity contribution in [1.82, 2.24) is 25.0 Å². The first-order chi connectivity index (χ1) is 14.1. The molecule has 0 fully saturated rings. The van der Waals surface area contributed by atoms with Crippen LogP contribution >= 0.6 is 0 Å². The Morgan fingerprint density at radius 1 is 0.897 bits per heavy atom. The van der Waals surface area contributed by atoms with Gasteiger partial charge in [-0.3, -0.25) is 4.98 Å². The molecule has 0 unspecified atom stereocenters. The maximum absolute atomic E-state index is 13.3. The van der Waals surface area contributed by atoms with Crippen molar-refractivity contribution in [2.75, 3.05) is 5.73 Å². The summed E-state index contributed by atoms with van der Waals surface area (Å²) in [5.74, 6) is 0.217. The van der Waals surface area contributed by atoms with E-state index in [0.717, 1.165) is 33.1 Å². The minimum atomic E-state index is -0.263. The topological polar surface area (TPSA) is 82.5 Å². The third-order valence-corrected chi connectivity index (χ3v) is 5.14. The van der Waals surface area contributed by atoms with Crippen molar-refractivity contribution in [2.24, 2.45) is 0 Å². The summed E-state index contributed by atoms with van der Waals surface area (Å²) < 4.78 is 15.2. The molecule has 5 rings (SSSR count). The van der Waals surface area contributed by atoms with Crippen LogP contribution in [0.25, 0.3) is 33.1 Å². The summed E-state index contributed by atoms with van der Waals surface area (Å²) in [6.07, 6.45) is 3.48. The lowest BCUT2D eigenvalue weighted by atomic mass is 10.0. The maximum atomic E-state index is 13.3. The minimum Gasteiger partial charge on any atom is -0.384 e. The van der Waals surface area contributed by atoms with Crippen LogP contribution in [0.3, 0.4) is 0 Å². The molecule has 6 nitrogen and oxygen atoms in total. The van der Waals surface area contributed by atoms with Crippen molar-refractivity contribution in [3.8, 4) is 11.1 Å². The Hall–Kier alpha value is -3.87. The van der Waals surface area contributed by atoms with Crippen LogP contribution in [0.1, 0.15) is 18.5 Å². The predicted molar refractivity (Wildman–Crippen MR) is 111 cm³/mol. The minimum absolute atomic E-state index is 0.118. The lowest BCUT2D eigenvalue weighted by Crippen LogP contribution is -2.09. The van der Waals surface area contributed by atoms with E-state index in [2.05, 4.69) is 26.3 Å². The summed E-state index contributed by atoms with van der Waals surface area (Å²) >= 11 is 0. The van der Waals surface area contributed by atoms with Gasteiger partial charge in [-0.1, -0.05) is 23.4 Å². The van der Waals surface area contributed by atoms with Gasteiger partial charge in [-0.15, -0.1) is 5.10 Å². The van der Waals surface area contributed by atoms with Crippen molar-refractivity contribution in [1.29, 1.82) is 0 Å². The molecule has 0 saturated heterocycles. The molecular formula is C22H17FN6.